The summed E-state index contributed by atoms with van der Waals surface area (Å²) in [6.45, 7) is 5.72. The van der Waals surface area contributed by atoms with Gasteiger partial charge in [0.2, 0.25) is 0 Å². The fraction of sp³-hybridized carbons (Fsp3) is 0.625. The Hall–Kier alpha value is -0.860. The lowest BCUT2D eigenvalue weighted by Gasteiger charge is -2.29. The maximum absolute atomic E-state index is 3.86. The Morgan fingerprint density at radius 3 is 2.67 bits per heavy atom. The van der Waals surface area contributed by atoms with E-state index in [9.17, 15) is 0 Å². The summed E-state index contributed by atoms with van der Waals surface area (Å²) < 4.78 is 0. The highest BCUT2D eigenvalue weighted by atomic mass is 15.1. The standard InChI is InChI=1S/C16H26N2/c1-12(2)16(11-18(3)4)17-15-10-9-13-7-5-6-8-14(13)15/h5-8,12,15-17H,9-11H2,1-4H3. The first-order valence-corrected chi connectivity index (χ1v) is 7.06. The monoisotopic (exact) mass is 246 g/mol. The van der Waals surface area contributed by atoms with Crippen molar-refractivity contribution in [2.24, 2.45) is 5.92 Å². The predicted molar refractivity (Wildman–Crippen MR) is 77.8 cm³/mol. The first-order valence-electron chi connectivity index (χ1n) is 7.06. The zero-order valence-electron chi connectivity index (χ0n) is 12.1. The zero-order chi connectivity index (χ0) is 13.1. The van der Waals surface area contributed by atoms with Gasteiger partial charge in [0, 0.05) is 18.6 Å². The summed E-state index contributed by atoms with van der Waals surface area (Å²) in [5, 5.41) is 3.86. The Kier molecular flexibility index (Phi) is 4.41. The molecule has 0 saturated carbocycles. The van der Waals surface area contributed by atoms with Crippen LogP contribution in [0.25, 0.3) is 0 Å². The van der Waals surface area contributed by atoms with Crippen LogP contribution in [0, 0.1) is 5.92 Å². The highest BCUT2D eigenvalue weighted by molar-refractivity contribution is 5.34. The molecular formula is C16H26N2. The van der Waals surface area contributed by atoms with Gasteiger partial charge < -0.3 is 10.2 Å². The number of benzene rings is 1. The molecule has 2 unspecified atom stereocenters. The van der Waals surface area contributed by atoms with Gasteiger partial charge in [-0.1, -0.05) is 38.1 Å². The molecule has 1 N–H and O–H groups in total. The van der Waals surface area contributed by atoms with E-state index in [0.717, 1.165) is 6.54 Å². The number of nitrogens with one attached hydrogen (secondary N) is 1. The van der Waals surface area contributed by atoms with Gasteiger partial charge in [0.25, 0.3) is 0 Å². The minimum absolute atomic E-state index is 0.550. The SMILES string of the molecule is CC(C)C(CN(C)C)NC1CCc2ccccc21. The van der Waals surface area contributed by atoms with Crippen molar-refractivity contribution in [2.75, 3.05) is 20.6 Å². The van der Waals surface area contributed by atoms with Crippen LogP contribution in [-0.2, 0) is 6.42 Å². The second kappa shape index (κ2) is 5.85. The van der Waals surface area contributed by atoms with Crippen molar-refractivity contribution in [3.8, 4) is 0 Å². The third-order valence-corrected chi connectivity index (χ3v) is 3.91. The summed E-state index contributed by atoms with van der Waals surface area (Å²) in [5.41, 5.74) is 3.05. The van der Waals surface area contributed by atoms with Crippen LogP contribution >= 0.6 is 0 Å². The summed E-state index contributed by atoms with van der Waals surface area (Å²) in [5.74, 6) is 0.667. The highest BCUT2D eigenvalue weighted by Crippen LogP contribution is 2.31. The molecule has 2 rings (SSSR count). The zero-order valence-corrected chi connectivity index (χ0v) is 12.1. The van der Waals surface area contributed by atoms with E-state index >= 15 is 0 Å². The van der Waals surface area contributed by atoms with Crippen LogP contribution in [0.15, 0.2) is 24.3 Å². The first-order chi connectivity index (χ1) is 8.58. The fourth-order valence-electron chi connectivity index (χ4n) is 2.84. The van der Waals surface area contributed by atoms with E-state index in [2.05, 4.69) is 62.4 Å². The molecule has 2 atom stereocenters. The number of likely N-dealkylation sites (N-methyl/N-ethyl adjacent to an activating group) is 1. The lowest BCUT2D eigenvalue weighted by Crippen LogP contribution is -2.43. The van der Waals surface area contributed by atoms with E-state index in [1.165, 1.54) is 24.0 Å². The minimum Gasteiger partial charge on any atom is -0.308 e. The number of hydrogen-bond donors (Lipinski definition) is 1. The molecule has 2 nitrogen and oxygen atoms in total. The van der Waals surface area contributed by atoms with Crippen LogP contribution in [0.2, 0.25) is 0 Å². The molecule has 0 aliphatic heterocycles. The first kappa shape index (κ1) is 13.6. The largest absolute Gasteiger partial charge is 0.308 e. The van der Waals surface area contributed by atoms with Crippen molar-refractivity contribution in [2.45, 2.75) is 38.8 Å². The molecule has 100 valence electrons. The highest BCUT2D eigenvalue weighted by Gasteiger charge is 2.25. The van der Waals surface area contributed by atoms with Gasteiger partial charge in [-0.15, -0.1) is 0 Å². The molecule has 0 bridgehead atoms. The normalized spacial score (nSPS) is 20.4. The Morgan fingerprint density at radius 2 is 2.00 bits per heavy atom. The Labute approximate surface area is 111 Å². The van der Waals surface area contributed by atoms with E-state index in [1.807, 2.05) is 0 Å². The number of aryl methyl sites for hydroxylation is 1. The molecule has 1 aromatic carbocycles. The van der Waals surface area contributed by atoms with Crippen molar-refractivity contribution in [3.63, 3.8) is 0 Å². The lowest BCUT2D eigenvalue weighted by molar-refractivity contribution is 0.268. The third kappa shape index (κ3) is 3.12. The van der Waals surface area contributed by atoms with Gasteiger partial charge in [0.1, 0.15) is 0 Å². The molecule has 0 spiro atoms. The van der Waals surface area contributed by atoms with Crippen molar-refractivity contribution in [1.82, 2.24) is 10.2 Å². The van der Waals surface area contributed by atoms with E-state index in [0.29, 0.717) is 18.0 Å². The quantitative estimate of drug-likeness (QED) is 0.859. The van der Waals surface area contributed by atoms with Gasteiger partial charge in [-0.3, -0.25) is 0 Å². The molecule has 1 aliphatic carbocycles. The molecule has 0 fully saturated rings. The fourth-order valence-corrected chi connectivity index (χ4v) is 2.84. The van der Waals surface area contributed by atoms with Gasteiger partial charge in [0.05, 0.1) is 0 Å². The summed E-state index contributed by atoms with van der Waals surface area (Å²) in [6, 6.07) is 9.99. The summed E-state index contributed by atoms with van der Waals surface area (Å²) >= 11 is 0. The number of hydrogen-bond acceptors (Lipinski definition) is 2. The maximum atomic E-state index is 3.86. The lowest BCUT2D eigenvalue weighted by atomic mass is 10.0. The third-order valence-electron chi connectivity index (χ3n) is 3.91. The Bertz CT molecular complexity index is 384. The molecule has 0 radical (unpaired) electrons. The molecular weight excluding hydrogens is 220 g/mol. The second-order valence-corrected chi connectivity index (χ2v) is 6.07. The molecule has 0 saturated heterocycles. The van der Waals surface area contributed by atoms with Gasteiger partial charge in [0.15, 0.2) is 0 Å². The van der Waals surface area contributed by atoms with Crippen molar-refractivity contribution < 1.29 is 0 Å². The second-order valence-electron chi connectivity index (χ2n) is 6.07. The molecule has 0 aromatic heterocycles. The van der Waals surface area contributed by atoms with E-state index in [4.69, 9.17) is 0 Å². The Balaban J connectivity index is 2.05. The van der Waals surface area contributed by atoms with Crippen LogP contribution in [0.1, 0.15) is 37.4 Å². The molecule has 2 heteroatoms. The van der Waals surface area contributed by atoms with Crippen LogP contribution in [-0.4, -0.2) is 31.6 Å². The van der Waals surface area contributed by atoms with E-state index in [1.54, 1.807) is 0 Å². The number of nitrogens with zero attached hydrogens (tertiary/aromatic N) is 1. The smallest absolute Gasteiger partial charge is 0.0329 e. The van der Waals surface area contributed by atoms with Gasteiger partial charge in [-0.25, -0.2) is 0 Å². The average molecular weight is 246 g/mol. The minimum atomic E-state index is 0.550. The van der Waals surface area contributed by atoms with Crippen molar-refractivity contribution >= 4 is 0 Å². The van der Waals surface area contributed by atoms with Crippen LogP contribution in [0.3, 0.4) is 0 Å². The average Bonchev–Trinajstić information content (AvgIpc) is 2.71. The van der Waals surface area contributed by atoms with Gasteiger partial charge in [-0.05, 0) is 44.0 Å². The van der Waals surface area contributed by atoms with Crippen LogP contribution in [0.5, 0.6) is 0 Å². The summed E-state index contributed by atoms with van der Waals surface area (Å²) in [7, 11) is 4.30. The molecule has 18 heavy (non-hydrogen) atoms. The summed E-state index contributed by atoms with van der Waals surface area (Å²) in [6.07, 6.45) is 2.47. The molecule has 1 aliphatic rings. The van der Waals surface area contributed by atoms with Crippen LogP contribution < -0.4 is 5.32 Å². The number of fused-ring (bicyclic) bond motifs is 1. The van der Waals surface area contributed by atoms with Crippen molar-refractivity contribution in [3.05, 3.63) is 35.4 Å². The summed E-state index contributed by atoms with van der Waals surface area (Å²) in [4.78, 5) is 2.28. The van der Waals surface area contributed by atoms with Gasteiger partial charge >= 0.3 is 0 Å². The molecule has 0 heterocycles. The van der Waals surface area contributed by atoms with Crippen molar-refractivity contribution in [1.29, 1.82) is 0 Å². The van der Waals surface area contributed by atoms with E-state index in [-0.39, 0.29) is 0 Å². The van der Waals surface area contributed by atoms with E-state index < -0.39 is 0 Å². The van der Waals surface area contributed by atoms with Crippen LogP contribution in [0.4, 0.5) is 0 Å². The molecule has 1 aromatic rings. The maximum Gasteiger partial charge on any atom is 0.0329 e. The molecule has 0 amide bonds. The predicted octanol–water partition coefficient (Wildman–Crippen LogP) is 2.85. The topological polar surface area (TPSA) is 15.3 Å². The van der Waals surface area contributed by atoms with Gasteiger partial charge in [-0.2, -0.15) is 0 Å². The Morgan fingerprint density at radius 1 is 1.28 bits per heavy atom. The number of rotatable bonds is 5.